The minimum absolute atomic E-state index is 0.657. The Balaban J connectivity index is 2.26. The molecule has 1 fully saturated rings. The fourth-order valence-electron chi connectivity index (χ4n) is 0.509. The van der Waals surface area contributed by atoms with Crippen molar-refractivity contribution < 1.29 is 0 Å². The molecule has 0 aromatic carbocycles. The van der Waals surface area contributed by atoms with Gasteiger partial charge in [0.25, 0.3) is 0 Å². The lowest BCUT2D eigenvalue weighted by atomic mass is 10.6. The molecule has 0 saturated heterocycles. The molecular formula is C5H9N. The molecule has 1 heteroatoms. The van der Waals surface area contributed by atoms with Gasteiger partial charge < -0.3 is 5.32 Å². The van der Waals surface area contributed by atoms with E-state index in [0.717, 1.165) is 0 Å². The average Bonchev–Trinajstić information content (AvgIpc) is 2.19. The predicted molar refractivity (Wildman–Crippen MR) is 26.6 cm³/mol. The molecule has 0 aromatic heterocycles. The second-order valence-corrected chi connectivity index (χ2v) is 1.70. The average molecular weight is 83.1 g/mol. The summed E-state index contributed by atoms with van der Waals surface area (Å²) in [6.07, 6.45) is 1.19. The van der Waals surface area contributed by atoms with E-state index in [2.05, 4.69) is 11.9 Å². The van der Waals surface area contributed by atoms with E-state index in [1.165, 1.54) is 12.0 Å². The molecule has 1 nitrogen and oxygen atoms in total. The molecule has 1 N–H and O–H groups in total. The third-order valence-electron chi connectivity index (χ3n) is 1.15. The summed E-state index contributed by atoms with van der Waals surface area (Å²) in [5.74, 6) is 0. The van der Waals surface area contributed by atoms with E-state index in [9.17, 15) is 0 Å². The first-order valence-corrected chi connectivity index (χ1v) is 2.19. The summed E-state index contributed by atoms with van der Waals surface area (Å²) in [5.41, 5.74) is 1.34. The van der Waals surface area contributed by atoms with Gasteiger partial charge in [-0.2, -0.15) is 0 Å². The molecule has 0 unspecified atom stereocenters. The van der Waals surface area contributed by atoms with Crippen LogP contribution in [-0.4, -0.2) is 13.1 Å². The predicted octanol–water partition coefficient (Wildman–Crippen LogP) is 0.534. The maximum absolute atomic E-state index is 3.76. The smallest absolute Gasteiger partial charge is 0.0312 e. The third kappa shape index (κ3) is 0.455. The Morgan fingerprint density at radius 1 is 2.00 bits per heavy atom. The lowest BCUT2D eigenvalue weighted by Gasteiger charge is -1.81. The van der Waals surface area contributed by atoms with Crippen LogP contribution in [0.3, 0.4) is 0 Å². The molecule has 0 aromatic rings. The molecule has 1 saturated carbocycles. The standard InChI is InChI=1S/C5H9N/c1-4-3-5(4)6-2/h5-6H,1,3H2,2H3/t5-/m0/s1. The van der Waals surface area contributed by atoms with Gasteiger partial charge >= 0.3 is 0 Å². The Labute approximate surface area is 38.1 Å². The van der Waals surface area contributed by atoms with Crippen LogP contribution in [0.5, 0.6) is 0 Å². The highest BCUT2D eigenvalue weighted by atomic mass is 14.9. The summed E-state index contributed by atoms with van der Waals surface area (Å²) >= 11 is 0. The van der Waals surface area contributed by atoms with E-state index in [1.807, 2.05) is 7.05 Å². The van der Waals surface area contributed by atoms with E-state index in [-0.39, 0.29) is 0 Å². The van der Waals surface area contributed by atoms with Gasteiger partial charge in [-0.05, 0) is 13.5 Å². The molecule has 0 radical (unpaired) electrons. The van der Waals surface area contributed by atoms with Crippen molar-refractivity contribution >= 4 is 0 Å². The van der Waals surface area contributed by atoms with Crippen LogP contribution in [0.15, 0.2) is 12.2 Å². The molecule has 0 aliphatic heterocycles. The molecule has 1 rings (SSSR count). The van der Waals surface area contributed by atoms with Crippen molar-refractivity contribution in [2.45, 2.75) is 12.5 Å². The Kier molecular flexibility index (Phi) is 0.701. The maximum atomic E-state index is 3.76. The Hall–Kier alpha value is -0.300. The summed E-state index contributed by atoms with van der Waals surface area (Å²) in [6, 6.07) is 0.657. The number of hydrogen-bond acceptors (Lipinski definition) is 1. The zero-order chi connectivity index (χ0) is 4.57. The summed E-state index contributed by atoms with van der Waals surface area (Å²) in [4.78, 5) is 0. The topological polar surface area (TPSA) is 12.0 Å². The van der Waals surface area contributed by atoms with Crippen molar-refractivity contribution in [2.75, 3.05) is 7.05 Å². The summed E-state index contributed by atoms with van der Waals surface area (Å²) < 4.78 is 0. The quantitative estimate of drug-likeness (QED) is 0.456. The zero-order valence-electron chi connectivity index (χ0n) is 3.99. The minimum Gasteiger partial charge on any atom is -0.313 e. The number of rotatable bonds is 1. The highest BCUT2D eigenvalue weighted by Crippen LogP contribution is 2.25. The van der Waals surface area contributed by atoms with Gasteiger partial charge in [-0.25, -0.2) is 0 Å². The van der Waals surface area contributed by atoms with E-state index < -0.39 is 0 Å². The Morgan fingerprint density at radius 2 is 2.50 bits per heavy atom. The van der Waals surface area contributed by atoms with Crippen molar-refractivity contribution in [3.63, 3.8) is 0 Å². The molecule has 0 bridgehead atoms. The highest BCUT2D eigenvalue weighted by Gasteiger charge is 2.23. The monoisotopic (exact) mass is 83.1 g/mol. The zero-order valence-corrected chi connectivity index (χ0v) is 3.99. The van der Waals surface area contributed by atoms with Crippen LogP contribution in [0.1, 0.15) is 6.42 Å². The van der Waals surface area contributed by atoms with Crippen molar-refractivity contribution in [3.05, 3.63) is 12.2 Å². The molecule has 1 aliphatic carbocycles. The first-order valence-electron chi connectivity index (χ1n) is 2.19. The SMILES string of the molecule is C=C1C[C@@H]1NC. The van der Waals surface area contributed by atoms with Crippen LogP contribution >= 0.6 is 0 Å². The molecule has 0 heterocycles. The fourth-order valence-corrected chi connectivity index (χ4v) is 0.509. The maximum Gasteiger partial charge on any atom is 0.0312 e. The normalized spacial score (nSPS) is 30.8. The van der Waals surface area contributed by atoms with E-state index >= 15 is 0 Å². The van der Waals surface area contributed by atoms with Crippen LogP contribution in [0.4, 0.5) is 0 Å². The van der Waals surface area contributed by atoms with E-state index in [1.54, 1.807) is 0 Å². The first-order chi connectivity index (χ1) is 2.84. The minimum atomic E-state index is 0.657. The van der Waals surface area contributed by atoms with Crippen LogP contribution in [-0.2, 0) is 0 Å². The van der Waals surface area contributed by atoms with Gasteiger partial charge in [0.05, 0.1) is 0 Å². The molecular weight excluding hydrogens is 74.1 g/mol. The first kappa shape index (κ1) is 3.88. The Morgan fingerprint density at radius 3 is 2.50 bits per heavy atom. The van der Waals surface area contributed by atoms with Gasteiger partial charge in [0.1, 0.15) is 0 Å². The van der Waals surface area contributed by atoms with Crippen LogP contribution in [0.25, 0.3) is 0 Å². The summed E-state index contributed by atoms with van der Waals surface area (Å²) in [5, 5.41) is 3.09. The van der Waals surface area contributed by atoms with Gasteiger partial charge in [-0.1, -0.05) is 12.2 Å². The van der Waals surface area contributed by atoms with Crippen LogP contribution in [0, 0.1) is 0 Å². The second-order valence-electron chi connectivity index (χ2n) is 1.70. The van der Waals surface area contributed by atoms with Gasteiger partial charge in [-0.15, -0.1) is 0 Å². The van der Waals surface area contributed by atoms with Crippen molar-refractivity contribution in [3.8, 4) is 0 Å². The van der Waals surface area contributed by atoms with Gasteiger partial charge in [0, 0.05) is 6.04 Å². The third-order valence-corrected chi connectivity index (χ3v) is 1.15. The Bertz CT molecular complexity index is 76.0. The fraction of sp³-hybridized carbons (Fsp3) is 0.600. The largest absolute Gasteiger partial charge is 0.313 e. The lowest BCUT2D eigenvalue weighted by molar-refractivity contribution is 0.832. The van der Waals surface area contributed by atoms with E-state index in [0.29, 0.717) is 6.04 Å². The lowest BCUT2D eigenvalue weighted by Crippen LogP contribution is -2.07. The van der Waals surface area contributed by atoms with Crippen molar-refractivity contribution in [2.24, 2.45) is 0 Å². The summed E-state index contributed by atoms with van der Waals surface area (Å²) in [6.45, 7) is 3.76. The van der Waals surface area contributed by atoms with Crippen LogP contribution in [0.2, 0.25) is 0 Å². The summed E-state index contributed by atoms with van der Waals surface area (Å²) in [7, 11) is 1.96. The number of hydrogen-bond donors (Lipinski definition) is 1. The molecule has 6 heavy (non-hydrogen) atoms. The molecule has 1 aliphatic rings. The second kappa shape index (κ2) is 1.09. The van der Waals surface area contributed by atoms with Gasteiger partial charge in [0.2, 0.25) is 0 Å². The molecule has 34 valence electrons. The number of nitrogens with one attached hydrogen (secondary N) is 1. The highest BCUT2D eigenvalue weighted by molar-refractivity contribution is 5.23. The van der Waals surface area contributed by atoms with E-state index in [4.69, 9.17) is 0 Å². The molecule has 0 amide bonds. The molecule has 0 spiro atoms. The molecule has 1 atom stereocenters. The van der Waals surface area contributed by atoms with Crippen molar-refractivity contribution in [1.29, 1.82) is 0 Å². The van der Waals surface area contributed by atoms with Gasteiger partial charge in [0.15, 0.2) is 0 Å². The number of likely N-dealkylation sites (N-methyl/N-ethyl adjacent to an activating group) is 1. The van der Waals surface area contributed by atoms with Crippen molar-refractivity contribution in [1.82, 2.24) is 5.32 Å². The van der Waals surface area contributed by atoms with Gasteiger partial charge in [-0.3, -0.25) is 0 Å². The van der Waals surface area contributed by atoms with Crippen LogP contribution < -0.4 is 5.32 Å².